The molecule has 148 valence electrons. The molecule has 6 nitrogen and oxygen atoms in total. The first-order valence-electron chi connectivity index (χ1n) is 9.14. The number of benzene rings is 1. The van der Waals surface area contributed by atoms with E-state index in [4.69, 9.17) is 29.8 Å². The zero-order valence-electron chi connectivity index (χ0n) is 15.4. The van der Waals surface area contributed by atoms with Crippen LogP contribution in [0.4, 0.5) is 5.69 Å². The zero-order valence-corrected chi connectivity index (χ0v) is 17.7. The highest BCUT2D eigenvalue weighted by atomic mass is 35.5. The maximum Gasteiger partial charge on any atom is 0.275 e. The van der Waals surface area contributed by atoms with Gasteiger partial charge in [-0.05, 0) is 42.5 Å². The average molecular weight is 446 g/mol. The molecule has 0 spiro atoms. The van der Waals surface area contributed by atoms with Crippen molar-refractivity contribution >= 4 is 46.1 Å². The van der Waals surface area contributed by atoms with Gasteiger partial charge in [-0.3, -0.25) is 10.2 Å². The van der Waals surface area contributed by atoms with Gasteiger partial charge in [0.2, 0.25) is 5.69 Å². The minimum Gasteiger partial charge on any atom is -0.285 e. The van der Waals surface area contributed by atoms with Gasteiger partial charge in [0.1, 0.15) is 0 Å². The standard InChI is InChI=1S/C20H17Cl2N5OS/c1-23-17-18(20(28)25-26-9-3-2-4-10-26)24-27(19(17)16-6-5-11-29-16)15-8-7-13(21)12-14(15)22/h5-8,11-12H,2-4,9-10H2,(H,25,28). The first kappa shape index (κ1) is 19.9. The van der Waals surface area contributed by atoms with Crippen molar-refractivity contribution < 1.29 is 4.79 Å². The number of thiophene rings is 1. The van der Waals surface area contributed by atoms with E-state index in [1.54, 1.807) is 22.9 Å². The highest BCUT2D eigenvalue weighted by Crippen LogP contribution is 2.39. The largest absolute Gasteiger partial charge is 0.285 e. The Balaban J connectivity index is 1.82. The van der Waals surface area contributed by atoms with Gasteiger partial charge in [-0.25, -0.2) is 14.5 Å². The molecule has 9 heteroatoms. The van der Waals surface area contributed by atoms with Gasteiger partial charge in [0.25, 0.3) is 5.91 Å². The van der Waals surface area contributed by atoms with E-state index < -0.39 is 0 Å². The quantitative estimate of drug-likeness (QED) is 0.532. The van der Waals surface area contributed by atoms with Gasteiger partial charge in [0.05, 0.1) is 23.0 Å². The summed E-state index contributed by atoms with van der Waals surface area (Å²) in [5.74, 6) is -0.389. The SMILES string of the molecule is [C-]#[N+]c1c(C(=O)NN2CCCCC2)nn(-c2ccc(Cl)cc2Cl)c1-c1cccs1. The molecule has 2 aromatic heterocycles. The molecule has 1 fully saturated rings. The number of hydrogen-bond donors (Lipinski definition) is 1. The summed E-state index contributed by atoms with van der Waals surface area (Å²) in [4.78, 5) is 17.5. The second-order valence-corrected chi connectivity index (χ2v) is 8.42. The fraction of sp³-hybridized carbons (Fsp3) is 0.250. The van der Waals surface area contributed by atoms with E-state index in [0.717, 1.165) is 37.2 Å². The molecule has 1 saturated heterocycles. The summed E-state index contributed by atoms with van der Waals surface area (Å²) in [5.41, 5.74) is 4.28. The fourth-order valence-electron chi connectivity index (χ4n) is 3.33. The molecule has 0 unspecified atom stereocenters. The number of hydrogen-bond acceptors (Lipinski definition) is 4. The Morgan fingerprint density at radius 1 is 1.21 bits per heavy atom. The van der Waals surface area contributed by atoms with Gasteiger partial charge in [-0.15, -0.1) is 11.3 Å². The molecule has 29 heavy (non-hydrogen) atoms. The summed E-state index contributed by atoms with van der Waals surface area (Å²) < 4.78 is 1.56. The van der Waals surface area contributed by atoms with Crippen LogP contribution in [0.25, 0.3) is 21.1 Å². The third-order valence-electron chi connectivity index (χ3n) is 4.70. The van der Waals surface area contributed by atoms with Gasteiger partial charge >= 0.3 is 0 Å². The second-order valence-electron chi connectivity index (χ2n) is 6.63. The van der Waals surface area contributed by atoms with Crippen molar-refractivity contribution in [1.82, 2.24) is 20.2 Å². The summed E-state index contributed by atoms with van der Waals surface area (Å²) in [7, 11) is 0. The molecule has 1 aliphatic heterocycles. The van der Waals surface area contributed by atoms with Crippen LogP contribution in [0, 0.1) is 6.57 Å². The molecule has 0 radical (unpaired) electrons. The minimum absolute atomic E-state index is 0.0833. The number of aromatic nitrogens is 2. The van der Waals surface area contributed by atoms with E-state index in [-0.39, 0.29) is 17.3 Å². The van der Waals surface area contributed by atoms with E-state index in [1.807, 2.05) is 22.5 Å². The third kappa shape index (κ3) is 4.02. The Morgan fingerprint density at radius 3 is 2.66 bits per heavy atom. The normalized spacial score (nSPS) is 14.5. The van der Waals surface area contributed by atoms with Crippen LogP contribution in [0.2, 0.25) is 10.0 Å². The van der Waals surface area contributed by atoms with Crippen LogP contribution in [-0.2, 0) is 0 Å². The van der Waals surface area contributed by atoms with Crippen LogP contribution in [0.3, 0.4) is 0 Å². The Hall–Kier alpha value is -2.37. The smallest absolute Gasteiger partial charge is 0.275 e. The third-order valence-corrected chi connectivity index (χ3v) is 6.11. The summed E-state index contributed by atoms with van der Waals surface area (Å²) >= 11 is 13.9. The summed E-state index contributed by atoms with van der Waals surface area (Å²) in [6.07, 6.45) is 3.22. The summed E-state index contributed by atoms with van der Waals surface area (Å²) in [6.45, 7) is 9.32. The number of amides is 1. The van der Waals surface area contributed by atoms with Crippen molar-refractivity contribution in [2.75, 3.05) is 13.1 Å². The molecule has 1 aromatic carbocycles. The first-order valence-corrected chi connectivity index (χ1v) is 10.8. The van der Waals surface area contributed by atoms with E-state index in [2.05, 4.69) is 15.4 Å². The van der Waals surface area contributed by atoms with Crippen LogP contribution in [0.1, 0.15) is 29.8 Å². The Labute approximate surface area is 182 Å². The molecule has 1 amide bonds. The molecule has 0 bridgehead atoms. The molecule has 1 aliphatic rings. The molecule has 0 saturated carbocycles. The van der Waals surface area contributed by atoms with Crippen molar-refractivity contribution in [3.63, 3.8) is 0 Å². The number of nitrogens with zero attached hydrogens (tertiary/aromatic N) is 4. The lowest BCUT2D eigenvalue weighted by atomic mass is 10.2. The topological polar surface area (TPSA) is 54.5 Å². The van der Waals surface area contributed by atoms with Crippen LogP contribution in [-0.4, -0.2) is 33.8 Å². The van der Waals surface area contributed by atoms with Crippen LogP contribution in [0.15, 0.2) is 35.7 Å². The van der Waals surface area contributed by atoms with Gasteiger partial charge in [-0.2, -0.15) is 5.10 Å². The summed E-state index contributed by atoms with van der Waals surface area (Å²) in [5, 5.41) is 9.19. The van der Waals surface area contributed by atoms with Crippen LogP contribution in [0.5, 0.6) is 0 Å². The van der Waals surface area contributed by atoms with Crippen LogP contribution < -0.4 is 5.43 Å². The van der Waals surface area contributed by atoms with Crippen molar-refractivity contribution in [2.24, 2.45) is 0 Å². The Bertz CT molecular complexity index is 1080. The van der Waals surface area contributed by atoms with E-state index in [0.29, 0.717) is 21.4 Å². The number of piperidine rings is 1. The van der Waals surface area contributed by atoms with Gasteiger partial charge in [0, 0.05) is 23.0 Å². The molecule has 0 aliphatic carbocycles. The van der Waals surface area contributed by atoms with Crippen molar-refractivity contribution in [1.29, 1.82) is 0 Å². The number of nitrogens with one attached hydrogen (secondary N) is 1. The first-order chi connectivity index (χ1) is 14.1. The number of halogens is 2. The molecular weight excluding hydrogens is 429 g/mol. The van der Waals surface area contributed by atoms with Crippen molar-refractivity contribution in [2.45, 2.75) is 19.3 Å². The minimum atomic E-state index is -0.389. The van der Waals surface area contributed by atoms with E-state index >= 15 is 0 Å². The van der Waals surface area contributed by atoms with Crippen molar-refractivity contribution in [3.8, 4) is 16.3 Å². The van der Waals surface area contributed by atoms with E-state index in [1.165, 1.54) is 11.3 Å². The maximum absolute atomic E-state index is 13.0. The number of hydrazine groups is 1. The lowest BCUT2D eigenvalue weighted by molar-refractivity contribution is 0.0745. The zero-order chi connectivity index (χ0) is 20.4. The highest BCUT2D eigenvalue weighted by molar-refractivity contribution is 7.13. The Morgan fingerprint density at radius 2 is 2.00 bits per heavy atom. The summed E-state index contributed by atoms with van der Waals surface area (Å²) in [6, 6.07) is 8.83. The van der Waals surface area contributed by atoms with Gasteiger partial charge in [-0.1, -0.05) is 35.7 Å². The molecule has 3 heterocycles. The number of rotatable bonds is 4. The lowest BCUT2D eigenvalue weighted by Crippen LogP contribution is -2.45. The van der Waals surface area contributed by atoms with Crippen molar-refractivity contribution in [3.05, 3.63) is 62.9 Å². The molecule has 4 rings (SSSR count). The van der Waals surface area contributed by atoms with Gasteiger partial charge < -0.3 is 0 Å². The lowest BCUT2D eigenvalue weighted by Gasteiger charge is -2.26. The molecule has 0 atom stereocenters. The molecule has 3 aromatic rings. The highest BCUT2D eigenvalue weighted by Gasteiger charge is 2.27. The van der Waals surface area contributed by atoms with Crippen LogP contribution >= 0.6 is 34.5 Å². The predicted molar refractivity (Wildman–Crippen MR) is 116 cm³/mol. The fourth-order valence-corrected chi connectivity index (χ4v) is 4.58. The maximum atomic E-state index is 13.0. The van der Waals surface area contributed by atoms with Gasteiger partial charge in [0.15, 0.2) is 5.69 Å². The number of carbonyl (C=O) groups is 1. The average Bonchev–Trinajstić information content (AvgIpc) is 3.36. The monoisotopic (exact) mass is 445 g/mol. The second kappa shape index (κ2) is 8.56. The predicted octanol–water partition coefficient (Wildman–Crippen LogP) is 5.59. The molecular formula is C20H17Cl2N5OS. The number of carbonyl (C=O) groups excluding carboxylic acids is 1. The van der Waals surface area contributed by atoms with E-state index in [9.17, 15) is 4.79 Å². The molecule has 1 N–H and O–H groups in total. The Kier molecular flexibility index (Phi) is 5.88.